The Kier molecular flexibility index (Phi) is 2.29. The van der Waals surface area contributed by atoms with E-state index in [1.54, 1.807) is 0 Å². The minimum atomic E-state index is 0.358. The van der Waals surface area contributed by atoms with Crippen molar-refractivity contribution >= 4 is 0 Å². The van der Waals surface area contributed by atoms with E-state index in [9.17, 15) is 0 Å². The van der Waals surface area contributed by atoms with Crippen LogP contribution in [0.4, 0.5) is 0 Å². The SMILES string of the molecule is NC1CCc2nn(C34CC5CC(CC(C5)C3)C4)cc2C1. The number of aromatic nitrogens is 2. The van der Waals surface area contributed by atoms with Gasteiger partial charge in [-0.1, -0.05) is 0 Å². The third-order valence-electron chi connectivity index (χ3n) is 6.60. The first-order valence-corrected chi connectivity index (χ1v) is 8.54. The summed E-state index contributed by atoms with van der Waals surface area (Å²) >= 11 is 0. The number of hydrogen-bond donors (Lipinski definition) is 1. The van der Waals surface area contributed by atoms with E-state index in [0.717, 1.165) is 37.0 Å². The summed E-state index contributed by atoms with van der Waals surface area (Å²) in [6.07, 6.45) is 14.3. The molecule has 4 bridgehead atoms. The van der Waals surface area contributed by atoms with E-state index in [1.807, 2.05) is 0 Å². The Bertz CT molecular complexity index is 509. The van der Waals surface area contributed by atoms with Crippen molar-refractivity contribution in [3.8, 4) is 0 Å². The van der Waals surface area contributed by atoms with Crippen LogP contribution < -0.4 is 5.73 Å². The van der Waals surface area contributed by atoms with Crippen LogP contribution in [0.2, 0.25) is 0 Å². The van der Waals surface area contributed by atoms with Gasteiger partial charge >= 0.3 is 0 Å². The standard InChI is InChI=1S/C17H25N3/c18-15-1-2-16-14(6-15)10-20(19-16)17-7-11-3-12(8-17)5-13(4-11)9-17/h10-13,15H,1-9,18H2. The summed E-state index contributed by atoms with van der Waals surface area (Å²) in [6.45, 7) is 0. The number of rotatable bonds is 1. The summed E-state index contributed by atoms with van der Waals surface area (Å²) in [6, 6.07) is 0.358. The zero-order valence-corrected chi connectivity index (χ0v) is 12.2. The van der Waals surface area contributed by atoms with Gasteiger partial charge in [0.1, 0.15) is 0 Å². The van der Waals surface area contributed by atoms with Crippen molar-refractivity contribution in [2.75, 3.05) is 0 Å². The lowest BCUT2D eigenvalue weighted by Crippen LogP contribution is -2.52. The van der Waals surface area contributed by atoms with Gasteiger partial charge < -0.3 is 5.73 Å². The van der Waals surface area contributed by atoms with Gasteiger partial charge in [-0.2, -0.15) is 5.10 Å². The molecule has 5 aliphatic carbocycles. The highest BCUT2D eigenvalue weighted by atomic mass is 15.3. The number of fused-ring (bicyclic) bond motifs is 1. The topological polar surface area (TPSA) is 43.8 Å². The summed E-state index contributed by atoms with van der Waals surface area (Å²) in [5.41, 5.74) is 9.31. The van der Waals surface area contributed by atoms with Crippen LogP contribution in [0, 0.1) is 17.8 Å². The molecular weight excluding hydrogens is 246 g/mol. The Morgan fingerprint density at radius 1 is 1.10 bits per heavy atom. The highest BCUT2D eigenvalue weighted by Crippen LogP contribution is 2.58. The third-order valence-corrected chi connectivity index (χ3v) is 6.60. The molecule has 6 rings (SSSR count). The average Bonchev–Trinajstić information content (AvgIpc) is 2.80. The smallest absolute Gasteiger partial charge is 0.0657 e. The first-order chi connectivity index (χ1) is 9.70. The minimum Gasteiger partial charge on any atom is -0.327 e. The minimum absolute atomic E-state index is 0.358. The van der Waals surface area contributed by atoms with Gasteiger partial charge in [-0.15, -0.1) is 0 Å². The largest absolute Gasteiger partial charge is 0.327 e. The molecule has 20 heavy (non-hydrogen) atoms. The normalized spacial score (nSPS) is 45.6. The molecule has 4 fully saturated rings. The first-order valence-electron chi connectivity index (χ1n) is 8.54. The van der Waals surface area contributed by atoms with Crippen LogP contribution in [0.15, 0.2) is 6.20 Å². The Labute approximate surface area is 120 Å². The molecule has 1 unspecified atom stereocenters. The fourth-order valence-electron chi connectivity index (χ4n) is 6.12. The molecule has 0 aliphatic heterocycles. The lowest BCUT2D eigenvalue weighted by Gasteiger charge is -2.56. The maximum Gasteiger partial charge on any atom is 0.0657 e. The molecule has 3 heteroatoms. The second-order valence-corrected chi connectivity index (χ2v) is 8.19. The van der Waals surface area contributed by atoms with Gasteiger partial charge in [0.2, 0.25) is 0 Å². The molecule has 0 aromatic carbocycles. The van der Waals surface area contributed by atoms with Crippen molar-refractivity contribution in [1.29, 1.82) is 0 Å². The van der Waals surface area contributed by atoms with E-state index in [0.29, 0.717) is 11.6 Å². The molecule has 1 aromatic rings. The van der Waals surface area contributed by atoms with Crippen LogP contribution in [0.1, 0.15) is 56.2 Å². The molecule has 1 aromatic heterocycles. The molecule has 3 nitrogen and oxygen atoms in total. The molecule has 108 valence electrons. The predicted molar refractivity (Wildman–Crippen MR) is 78.4 cm³/mol. The van der Waals surface area contributed by atoms with E-state index in [1.165, 1.54) is 49.8 Å². The highest BCUT2D eigenvalue weighted by Gasteiger charge is 2.52. The van der Waals surface area contributed by atoms with Gasteiger partial charge in [0.15, 0.2) is 0 Å². The average molecular weight is 271 g/mol. The van der Waals surface area contributed by atoms with Crippen molar-refractivity contribution in [2.45, 2.75) is 69.4 Å². The molecule has 0 spiro atoms. The number of nitrogens with two attached hydrogens (primary N) is 1. The van der Waals surface area contributed by atoms with E-state index in [-0.39, 0.29) is 0 Å². The quantitative estimate of drug-likeness (QED) is 0.853. The maximum absolute atomic E-state index is 6.13. The third kappa shape index (κ3) is 1.59. The molecule has 2 N–H and O–H groups in total. The van der Waals surface area contributed by atoms with Crippen LogP contribution >= 0.6 is 0 Å². The molecule has 0 radical (unpaired) electrons. The fraction of sp³-hybridized carbons (Fsp3) is 0.824. The monoisotopic (exact) mass is 271 g/mol. The fourth-order valence-corrected chi connectivity index (χ4v) is 6.12. The zero-order chi connectivity index (χ0) is 13.3. The molecule has 0 saturated heterocycles. The summed E-state index contributed by atoms with van der Waals surface area (Å²) in [5.74, 6) is 2.97. The summed E-state index contributed by atoms with van der Waals surface area (Å²) in [5, 5.41) is 5.04. The molecule has 0 amide bonds. The summed E-state index contributed by atoms with van der Waals surface area (Å²) < 4.78 is 2.42. The van der Waals surface area contributed by atoms with Gasteiger partial charge in [-0.05, 0) is 81.1 Å². The number of hydrogen-bond acceptors (Lipinski definition) is 2. The van der Waals surface area contributed by atoms with Crippen LogP contribution in [-0.4, -0.2) is 15.8 Å². The predicted octanol–water partition coefficient (Wildman–Crippen LogP) is 2.62. The van der Waals surface area contributed by atoms with Gasteiger partial charge in [-0.25, -0.2) is 0 Å². The van der Waals surface area contributed by atoms with Gasteiger partial charge in [0.05, 0.1) is 11.2 Å². The van der Waals surface area contributed by atoms with Gasteiger partial charge in [0, 0.05) is 12.2 Å². The van der Waals surface area contributed by atoms with E-state index in [4.69, 9.17) is 10.8 Å². The van der Waals surface area contributed by atoms with E-state index >= 15 is 0 Å². The van der Waals surface area contributed by atoms with Crippen molar-refractivity contribution < 1.29 is 0 Å². The maximum atomic E-state index is 6.13. The lowest BCUT2D eigenvalue weighted by molar-refractivity contribution is -0.0495. The second kappa shape index (κ2) is 3.88. The van der Waals surface area contributed by atoms with Crippen LogP contribution in [-0.2, 0) is 18.4 Å². The zero-order valence-electron chi connectivity index (χ0n) is 12.2. The van der Waals surface area contributed by atoms with Crippen LogP contribution in [0.3, 0.4) is 0 Å². The lowest BCUT2D eigenvalue weighted by atomic mass is 9.53. The van der Waals surface area contributed by atoms with Crippen molar-refractivity contribution in [2.24, 2.45) is 23.5 Å². The Morgan fingerprint density at radius 2 is 1.75 bits per heavy atom. The van der Waals surface area contributed by atoms with Crippen molar-refractivity contribution in [1.82, 2.24) is 9.78 Å². The van der Waals surface area contributed by atoms with Gasteiger partial charge in [-0.3, -0.25) is 4.68 Å². The molecule has 1 heterocycles. The first kappa shape index (κ1) is 11.8. The highest BCUT2D eigenvalue weighted by molar-refractivity contribution is 5.23. The number of aryl methyl sites for hydroxylation is 1. The molecule has 4 saturated carbocycles. The molecular formula is C17H25N3. The van der Waals surface area contributed by atoms with Crippen LogP contribution in [0.25, 0.3) is 0 Å². The Hall–Kier alpha value is -0.830. The second-order valence-electron chi connectivity index (χ2n) is 8.19. The Balaban J connectivity index is 1.53. The Morgan fingerprint density at radius 3 is 2.40 bits per heavy atom. The van der Waals surface area contributed by atoms with Gasteiger partial charge in [0.25, 0.3) is 0 Å². The van der Waals surface area contributed by atoms with Crippen molar-refractivity contribution in [3.05, 3.63) is 17.5 Å². The van der Waals surface area contributed by atoms with E-state index in [2.05, 4.69) is 10.9 Å². The van der Waals surface area contributed by atoms with E-state index < -0.39 is 0 Å². The summed E-state index contributed by atoms with van der Waals surface area (Å²) in [7, 11) is 0. The molecule has 1 atom stereocenters. The molecule has 5 aliphatic rings. The van der Waals surface area contributed by atoms with Crippen molar-refractivity contribution in [3.63, 3.8) is 0 Å². The van der Waals surface area contributed by atoms with Crippen LogP contribution in [0.5, 0.6) is 0 Å². The number of nitrogens with zero attached hydrogens (tertiary/aromatic N) is 2. The summed E-state index contributed by atoms with van der Waals surface area (Å²) in [4.78, 5) is 0.